The van der Waals surface area contributed by atoms with Crippen molar-refractivity contribution in [1.82, 2.24) is 0 Å². The van der Waals surface area contributed by atoms with E-state index in [9.17, 15) is 15.0 Å². The van der Waals surface area contributed by atoms with Crippen molar-refractivity contribution in [3.05, 3.63) is 17.7 Å². The molecule has 0 aromatic heterocycles. The first-order valence-electron chi connectivity index (χ1n) is 5.12. The Balaban J connectivity index is 0.00000289. The number of rotatable bonds is 4. The van der Waals surface area contributed by atoms with Gasteiger partial charge in [0.15, 0.2) is 11.5 Å². The van der Waals surface area contributed by atoms with Crippen molar-refractivity contribution in [3.63, 3.8) is 0 Å². The van der Waals surface area contributed by atoms with Crippen LogP contribution in [0.15, 0.2) is 12.1 Å². The molecule has 0 aliphatic heterocycles. The average Bonchev–Trinajstić information content (AvgIpc) is 2.26. The summed E-state index contributed by atoms with van der Waals surface area (Å²) in [6.45, 7) is 1.92. The van der Waals surface area contributed by atoms with Gasteiger partial charge in [-0.15, -0.1) is 12.4 Å². The van der Waals surface area contributed by atoms with E-state index in [0.29, 0.717) is 0 Å². The Morgan fingerprint density at radius 1 is 1.33 bits per heavy atom. The number of carbonyl (C=O) groups excluding carboxylic acids is 1. The van der Waals surface area contributed by atoms with Crippen molar-refractivity contribution in [2.45, 2.75) is 19.4 Å². The van der Waals surface area contributed by atoms with E-state index in [0.717, 1.165) is 0 Å². The molecule has 18 heavy (non-hydrogen) atoms. The quantitative estimate of drug-likeness (QED) is 0.485. The zero-order valence-electron chi connectivity index (χ0n) is 9.79. The number of ether oxygens (including phenoxy) is 1. The molecule has 0 aliphatic rings. The first kappa shape index (κ1) is 16.3. The van der Waals surface area contributed by atoms with Crippen LogP contribution < -0.4 is 5.73 Å². The number of phenols is 3. The Morgan fingerprint density at radius 2 is 1.94 bits per heavy atom. The van der Waals surface area contributed by atoms with E-state index in [1.807, 2.05) is 0 Å². The molecule has 1 atom stereocenters. The standard InChI is InChI=1S/C11H15NO5.ClH/c1-2-17-9(14)5-7(12)6-3-4-8(13)11(16)10(6)15;/h3-4,7,13,15-16H,2,5,12H2,1H3;1H/t7-;/m0./s1. The number of aromatic hydroxyl groups is 3. The summed E-state index contributed by atoms with van der Waals surface area (Å²) in [7, 11) is 0. The largest absolute Gasteiger partial charge is 0.504 e. The van der Waals surface area contributed by atoms with Crippen molar-refractivity contribution >= 4 is 18.4 Å². The SMILES string of the molecule is CCOC(=O)C[C@H](N)c1ccc(O)c(O)c1O.Cl. The van der Waals surface area contributed by atoms with Crippen molar-refractivity contribution in [2.75, 3.05) is 6.61 Å². The summed E-state index contributed by atoms with van der Waals surface area (Å²) < 4.78 is 4.72. The monoisotopic (exact) mass is 277 g/mol. The highest BCUT2D eigenvalue weighted by Crippen LogP contribution is 2.39. The molecular weight excluding hydrogens is 262 g/mol. The van der Waals surface area contributed by atoms with Crippen molar-refractivity contribution in [1.29, 1.82) is 0 Å². The van der Waals surface area contributed by atoms with Crippen molar-refractivity contribution in [2.24, 2.45) is 5.73 Å². The molecule has 0 radical (unpaired) electrons. The predicted octanol–water partition coefficient (Wildman–Crippen LogP) is 1.18. The number of hydrogen-bond acceptors (Lipinski definition) is 6. The second-order valence-corrected chi connectivity index (χ2v) is 3.49. The van der Waals surface area contributed by atoms with Crippen LogP contribution in [0, 0.1) is 0 Å². The molecular formula is C11H16ClNO5. The van der Waals surface area contributed by atoms with Gasteiger partial charge in [-0.3, -0.25) is 4.79 Å². The van der Waals surface area contributed by atoms with E-state index in [4.69, 9.17) is 15.6 Å². The minimum Gasteiger partial charge on any atom is -0.504 e. The van der Waals surface area contributed by atoms with Gasteiger partial charge in [-0.2, -0.15) is 0 Å². The number of phenolic OH excluding ortho intramolecular Hbond substituents is 3. The van der Waals surface area contributed by atoms with Crippen LogP contribution >= 0.6 is 12.4 Å². The van der Waals surface area contributed by atoms with Gasteiger partial charge in [0.2, 0.25) is 5.75 Å². The van der Waals surface area contributed by atoms with E-state index in [1.165, 1.54) is 12.1 Å². The van der Waals surface area contributed by atoms with Crippen molar-refractivity contribution in [3.8, 4) is 17.2 Å². The minimum absolute atomic E-state index is 0. The summed E-state index contributed by atoms with van der Waals surface area (Å²) in [6.07, 6.45) is -0.119. The van der Waals surface area contributed by atoms with Gasteiger partial charge in [-0.05, 0) is 19.1 Å². The highest BCUT2D eigenvalue weighted by atomic mass is 35.5. The van der Waals surface area contributed by atoms with Gasteiger partial charge in [0.1, 0.15) is 0 Å². The maximum atomic E-state index is 11.2. The highest BCUT2D eigenvalue weighted by molar-refractivity contribution is 5.85. The van der Waals surface area contributed by atoms with Crippen LogP contribution in [0.5, 0.6) is 17.2 Å². The van der Waals surface area contributed by atoms with Crippen LogP contribution in [0.4, 0.5) is 0 Å². The fourth-order valence-electron chi connectivity index (χ4n) is 1.39. The normalized spacial score (nSPS) is 11.4. The van der Waals surface area contributed by atoms with E-state index in [1.54, 1.807) is 6.92 Å². The molecule has 0 amide bonds. The summed E-state index contributed by atoms with van der Waals surface area (Å²) in [6, 6.07) is 1.73. The smallest absolute Gasteiger partial charge is 0.307 e. The van der Waals surface area contributed by atoms with Crippen LogP contribution in [0.25, 0.3) is 0 Å². The number of hydrogen-bond donors (Lipinski definition) is 4. The van der Waals surface area contributed by atoms with Gasteiger partial charge in [-0.1, -0.05) is 0 Å². The molecule has 0 saturated carbocycles. The molecule has 0 aliphatic carbocycles. The molecule has 1 aromatic carbocycles. The molecule has 0 spiro atoms. The summed E-state index contributed by atoms with van der Waals surface area (Å²) in [4.78, 5) is 11.2. The Labute approximate surface area is 110 Å². The Morgan fingerprint density at radius 3 is 2.50 bits per heavy atom. The van der Waals surface area contributed by atoms with Crippen LogP contribution in [-0.4, -0.2) is 27.9 Å². The first-order valence-corrected chi connectivity index (χ1v) is 5.12. The lowest BCUT2D eigenvalue weighted by atomic mass is 10.0. The number of nitrogens with two attached hydrogens (primary N) is 1. The zero-order chi connectivity index (χ0) is 13.0. The second-order valence-electron chi connectivity index (χ2n) is 3.49. The van der Waals surface area contributed by atoms with E-state index < -0.39 is 29.3 Å². The van der Waals surface area contributed by atoms with Gasteiger partial charge < -0.3 is 25.8 Å². The average molecular weight is 278 g/mol. The minimum atomic E-state index is -0.805. The number of benzene rings is 1. The molecule has 0 unspecified atom stereocenters. The fourth-order valence-corrected chi connectivity index (χ4v) is 1.39. The Hall–Kier alpha value is -1.66. The molecule has 0 fully saturated rings. The molecule has 0 heterocycles. The molecule has 1 rings (SSSR count). The molecule has 6 nitrogen and oxygen atoms in total. The number of carbonyl (C=O) groups is 1. The molecule has 0 bridgehead atoms. The molecule has 1 aromatic rings. The van der Waals surface area contributed by atoms with Crippen LogP contribution in [0.3, 0.4) is 0 Å². The third kappa shape index (κ3) is 3.68. The van der Waals surface area contributed by atoms with Gasteiger partial charge in [0.25, 0.3) is 0 Å². The van der Waals surface area contributed by atoms with Gasteiger partial charge in [0.05, 0.1) is 13.0 Å². The topological polar surface area (TPSA) is 113 Å². The maximum Gasteiger partial charge on any atom is 0.307 e. The second kappa shape index (κ2) is 6.93. The van der Waals surface area contributed by atoms with E-state index in [2.05, 4.69) is 0 Å². The fraction of sp³-hybridized carbons (Fsp3) is 0.364. The lowest BCUT2D eigenvalue weighted by molar-refractivity contribution is -0.143. The molecule has 0 saturated heterocycles. The maximum absolute atomic E-state index is 11.2. The van der Waals surface area contributed by atoms with E-state index in [-0.39, 0.29) is 31.0 Å². The highest BCUT2D eigenvalue weighted by Gasteiger charge is 2.19. The number of esters is 1. The zero-order valence-corrected chi connectivity index (χ0v) is 10.6. The van der Waals surface area contributed by atoms with E-state index >= 15 is 0 Å². The number of halogens is 1. The van der Waals surface area contributed by atoms with Gasteiger partial charge in [-0.25, -0.2) is 0 Å². The van der Waals surface area contributed by atoms with Gasteiger partial charge in [0, 0.05) is 11.6 Å². The summed E-state index contributed by atoms with van der Waals surface area (Å²) in [5.41, 5.74) is 5.87. The summed E-state index contributed by atoms with van der Waals surface area (Å²) in [5, 5.41) is 28.0. The summed E-state index contributed by atoms with van der Waals surface area (Å²) in [5.74, 6) is -2.12. The molecule has 7 heteroatoms. The third-order valence-corrected chi connectivity index (χ3v) is 2.25. The van der Waals surface area contributed by atoms with Crippen LogP contribution in [-0.2, 0) is 9.53 Å². The lowest BCUT2D eigenvalue weighted by Crippen LogP contribution is -2.17. The van der Waals surface area contributed by atoms with Crippen molar-refractivity contribution < 1.29 is 24.9 Å². The van der Waals surface area contributed by atoms with Crippen LogP contribution in [0.2, 0.25) is 0 Å². The predicted molar refractivity (Wildman–Crippen MR) is 66.9 cm³/mol. The lowest BCUT2D eigenvalue weighted by Gasteiger charge is -2.14. The Bertz CT molecular complexity index is 424. The third-order valence-electron chi connectivity index (χ3n) is 2.25. The van der Waals surface area contributed by atoms with Gasteiger partial charge >= 0.3 is 5.97 Å². The summed E-state index contributed by atoms with van der Waals surface area (Å²) >= 11 is 0. The van der Waals surface area contributed by atoms with Crippen LogP contribution in [0.1, 0.15) is 24.9 Å². The Kier molecular flexibility index (Phi) is 6.29. The molecule has 102 valence electrons. The molecule has 5 N–H and O–H groups in total. The first-order chi connectivity index (χ1) is 7.97.